The summed E-state index contributed by atoms with van der Waals surface area (Å²) in [5.41, 5.74) is 0.917. The van der Waals surface area contributed by atoms with Crippen molar-refractivity contribution in [1.82, 2.24) is 5.32 Å². The highest BCUT2D eigenvalue weighted by Gasteiger charge is 2.43. The standard InChI is InChI=1S/C17H24FNO2/c1-3-19-15-11-17(8-6-13(20-2)7-9-17)21-16-10-12(18)4-5-14(15)16/h4-5,10,13,15,19H,3,6-9,11H2,1-2H3. The molecule has 1 N–H and O–H groups in total. The van der Waals surface area contributed by atoms with E-state index in [9.17, 15) is 4.39 Å². The van der Waals surface area contributed by atoms with Crippen molar-refractivity contribution in [1.29, 1.82) is 0 Å². The maximum Gasteiger partial charge on any atom is 0.127 e. The number of fused-ring (bicyclic) bond motifs is 1. The first kappa shape index (κ1) is 14.8. The van der Waals surface area contributed by atoms with E-state index >= 15 is 0 Å². The molecule has 1 aliphatic heterocycles. The van der Waals surface area contributed by atoms with Crippen LogP contribution in [0.1, 0.15) is 50.6 Å². The molecule has 3 rings (SSSR count). The summed E-state index contributed by atoms with van der Waals surface area (Å²) in [6.07, 6.45) is 5.27. The molecule has 0 amide bonds. The summed E-state index contributed by atoms with van der Waals surface area (Å²) in [5, 5.41) is 3.52. The van der Waals surface area contributed by atoms with Crippen molar-refractivity contribution < 1.29 is 13.9 Å². The molecule has 1 aromatic carbocycles. The summed E-state index contributed by atoms with van der Waals surface area (Å²) in [5.74, 6) is 0.481. The van der Waals surface area contributed by atoms with E-state index in [2.05, 4.69) is 12.2 Å². The molecule has 1 fully saturated rings. The van der Waals surface area contributed by atoms with E-state index in [0.717, 1.165) is 44.2 Å². The second kappa shape index (κ2) is 5.93. The zero-order valence-electron chi connectivity index (χ0n) is 12.8. The Hall–Kier alpha value is -1.13. The second-order valence-electron chi connectivity index (χ2n) is 6.22. The van der Waals surface area contributed by atoms with Gasteiger partial charge in [0, 0.05) is 31.2 Å². The van der Waals surface area contributed by atoms with Crippen LogP contribution in [0, 0.1) is 5.82 Å². The molecule has 1 aliphatic carbocycles. The smallest absolute Gasteiger partial charge is 0.127 e. The summed E-state index contributed by atoms with van der Waals surface area (Å²) in [4.78, 5) is 0. The van der Waals surface area contributed by atoms with E-state index in [1.54, 1.807) is 7.11 Å². The van der Waals surface area contributed by atoms with Gasteiger partial charge in [-0.15, -0.1) is 0 Å². The van der Waals surface area contributed by atoms with Crippen LogP contribution in [0.15, 0.2) is 18.2 Å². The molecular weight excluding hydrogens is 269 g/mol. The van der Waals surface area contributed by atoms with Crippen molar-refractivity contribution in [2.75, 3.05) is 13.7 Å². The van der Waals surface area contributed by atoms with E-state index in [0.29, 0.717) is 11.9 Å². The van der Waals surface area contributed by atoms with Crippen LogP contribution < -0.4 is 10.1 Å². The molecule has 1 atom stereocenters. The Bertz CT molecular complexity index is 498. The average molecular weight is 293 g/mol. The second-order valence-corrected chi connectivity index (χ2v) is 6.22. The zero-order chi connectivity index (χ0) is 14.9. The van der Waals surface area contributed by atoms with E-state index in [1.807, 2.05) is 6.07 Å². The van der Waals surface area contributed by atoms with Crippen molar-refractivity contribution in [2.45, 2.75) is 56.8 Å². The lowest BCUT2D eigenvalue weighted by Gasteiger charge is -2.46. The van der Waals surface area contributed by atoms with Gasteiger partial charge in [-0.1, -0.05) is 13.0 Å². The summed E-state index contributed by atoms with van der Waals surface area (Å²) < 4.78 is 25.3. The van der Waals surface area contributed by atoms with Crippen LogP contribution >= 0.6 is 0 Å². The molecule has 1 unspecified atom stereocenters. The molecule has 1 spiro atoms. The molecule has 4 heteroatoms. The van der Waals surface area contributed by atoms with Gasteiger partial charge in [-0.05, 0) is 38.3 Å². The average Bonchev–Trinajstić information content (AvgIpc) is 2.48. The lowest BCUT2D eigenvalue weighted by atomic mass is 9.76. The third-order valence-corrected chi connectivity index (χ3v) is 4.88. The van der Waals surface area contributed by atoms with Crippen molar-refractivity contribution >= 4 is 0 Å². The minimum Gasteiger partial charge on any atom is -0.487 e. The Morgan fingerprint density at radius 1 is 1.38 bits per heavy atom. The SMILES string of the molecule is CCNC1CC2(CCC(OC)CC2)Oc2cc(F)ccc21. The topological polar surface area (TPSA) is 30.5 Å². The molecule has 3 nitrogen and oxygen atoms in total. The third kappa shape index (κ3) is 2.92. The predicted octanol–water partition coefficient (Wildman–Crippen LogP) is 3.59. The number of nitrogens with one attached hydrogen (secondary N) is 1. The first-order chi connectivity index (χ1) is 10.2. The highest BCUT2D eigenvalue weighted by molar-refractivity contribution is 5.39. The molecule has 1 aromatic rings. The largest absolute Gasteiger partial charge is 0.487 e. The van der Waals surface area contributed by atoms with Crippen LogP contribution in [-0.2, 0) is 4.74 Å². The molecule has 1 heterocycles. The number of halogens is 1. The van der Waals surface area contributed by atoms with Crippen molar-refractivity contribution in [3.05, 3.63) is 29.6 Å². The fourth-order valence-corrected chi connectivity index (χ4v) is 3.73. The molecular formula is C17H24FNO2. The number of methoxy groups -OCH3 is 1. The minimum atomic E-state index is -0.230. The third-order valence-electron chi connectivity index (χ3n) is 4.88. The molecule has 0 aromatic heterocycles. The minimum absolute atomic E-state index is 0.164. The van der Waals surface area contributed by atoms with Crippen molar-refractivity contribution in [3.63, 3.8) is 0 Å². The Morgan fingerprint density at radius 2 is 2.14 bits per heavy atom. The predicted molar refractivity (Wildman–Crippen MR) is 80.1 cm³/mol. The monoisotopic (exact) mass is 293 g/mol. The number of hydrogen-bond acceptors (Lipinski definition) is 3. The van der Waals surface area contributed by atoms with Gasteiger partial charge in [0.25, 0.3) is 0 Å². The van der Waals surface area contributed by atoms with Gasteiger partial charge in [-0.2, -0.15) is 0 Å². The molecule has 21 heavy (non-hydrogen) atoms. The zero-order valence-corrected chi connectivity index (χ0v) is 12.8. The van der Waals surface area contributed by atoms with Crippen molar-refractivity contribution in [2.24, 2.45) is 0 Å². The summed E-state index contributed by atoms with van der Waals surface area (Å²) >= 11 is 0. The number of benzene rings is 1. The Kier molecular flexibility index (Phi) is 4.18. The van der Waals surface area contributed by atoms with E-state index < -0.39 is 0 Å². The highest BCUT2D eigenvalue weighted by Crippen LogP contribution is 2.46. The van der Waals surface area contributed by atoms with Gasteiger partial charge in [0.05, 0.1) is 6.10 Å². The maximum absolute atomic E-state index is 13.6. The van der Waals surface area contributed by atoms with Crippen LogP contribution in [0.3, 0.4) is 0 Å². The van der Waals surface area contributed by atoms with Gasteiger partial charge < -0.3 is 14.8 Å². The van der Waals surface area contributed by atoms with E-state index in [1.165, 1.54) is 12.1 Å². The van der Waals surface area contributed by atoms with Gasteiger partial charge in [-0.3, -0.25) is 0 Å². The highest BCUT2D eigenvalue weighted by atomic mass is 19.1. The summed E-state index contributed by atoms with van der Waals surface area (Å²) in [6.45, 7) is 3.01. The molecule has 2 aliphatic rings. The van der Waals surface area contributed by atoms with E-state index in [-0.39, 0.29) is 17.5 Å². The Balaban J connectivity index is 1.86. The van der Waals surface area contributed by atoms with E-state index in [4.69, 9.17) is 9.47 Å². The molecule has 0 radical (unpaired) electrons. The molecule has 0 bridgehead atoms. The van der Waals surface area contributed by atoms with Crippen LogP contribution in [0.25, 0.3) is 0 Å². The lowest BCUT2D eigenvalue weighted by Crippen LogP contribution is -2.47. The molecule has 0 saturated heterocycles. The fraction of sp³-hybridized carbons (Fsp3) is 0.647. The quantitative estimate of drug-likeness (QED) is 0.924. The fourth-order valence-electron chi connectivity index (χ4n) is 3.73. The van der Waals surface area contributed by atoms with Gasteiger partial charge in [0.2, 0.25) is 0 Å². The lowest BCUT2D eigenvalue weighted by molar-refractivity contribution is -0.0455. The van der Waals surface area contributed by atoms with Gasteiger partial charge in [0.1, 0.15) is 17.2 Å². The number of ether oxygens (including phenoxy) is 2. The van der Waals surface area contributed by atoms with Gasteiger partial charge in [0.15, 0.2) is 0 Å². The number of rotatable bonds is 3. The van der Waals surface area contributed by atoms with Gasteiger partial charge >= 0.3 is 0 Å². The van der Waals surface area contributed by atoms with Crippen molar-refractivity contribution in [3.8, 4) is 5.75 Å². The van der Waals surface area contributed by atoms with Crippen LogP contribution in [0.4, 0.5) is 4.39 Å². The Labute approximate surface area is 125 Å². The number of hydrogen-bond donors (Lipinski definition) is 1. The first-order valence-corrected chi connectivity index (χ1v) is 7.90. The maximum atomic E-state index is 13.6. The molecule has 1 saturated carbocycles. The first-order valence-electron chi connectivity index (χ1n) is 7.90. The summed E-state index contributed by atoms with van der Waals surface area (Å²) in [7, 11) is 1.77. The van der Waals surface area contributed by atoms with Gasteiger partial charge in [-0.25, -0.2) is 4.39 Å². The normalized spacial score (nSPS) is 31.8. The summed E-state index contributed by atoms with van der Waals surface area (Å²) in [6, 6.07) is 5.15. The molecule has 116 valence electrons. The van der Waals surface area contributed by atoms with Crippen LogP contribution in [-0.4, -0.2) is 25.4 Å². The Morgan fingerprint density at radius 3 is 2.81 bits per heavy atom. The van der Waals surface area contributed by atoms with Crippen LogP contribution in [0.2, 0.25) is 0 Å². The van der Waals surface area contributed by atoms with Crippen LogP contribution in [0.5, 0.6) is 5.75 Å².